The summed E-state index contributed by atoms with van der Waals surface area (Å²) >= 11 is 0. The lowest BCUT2D eigenvalue weighted by Crippen LogP contribution is -2.38. The van der Waals surface area contributed by atoms with Gasteiger partial charge >= 0.3 is 6.18 Å². The largest absolute Gasteiger partial charge is 0.418 e. The maximum Gasteiger partial charge on any atom is 0.418 e. The molecule has 3 aromatic heterocycles. The molecule has 1 aliphatic carbocycles. The third-order valence-electron chi connectivity index (χ3n) is 7.82. The zero-order valence-corrected chi connectivity index (χ0v) is 20.3. The molecular weight excluding hydrogens is 485 g/mol. The molecular formula is C26H27F3N6O2. The van der Waals surface area contributed by atoms with Gasteiger partial charge in [-0.25, -0.2) is 0 Å². The summed E-state index contributed by atoms with van der Waals surface area (Å²) in [6.45, 7) is 1.43. The summed E-state index contributed by atoms with van der Waals surface area (Å²) in [6, 6.07) is 8.54. The van der Waals surface area contributed by atoms with Gasteiger partial charge in [0.05, 0.1) is 17.1 Å². The lowest BCUT2D eigenvalue weighted by Gasteiger charge is -2.41. The molecule has 0 amide bonds. The van der Waals surface area contributed by atoms with Gasteiger partial charge < -0.3 is 14.7 Å². The minimum atomic E-state index is -4.65. The highest BCUT2D eigenvalue weighted by atomic mass is 19.4. The Morgan fingerprint density at radius 1 is 1.24 bits per heavy atom. The van der Waals surface area contributed by atoms with Gasteiger partial charge in [-0.1, -0.05) is 18.6 Å². The number of rotatable bonds is 5. The quantitative estimate of drug-likeness (QED) is 0.427. The first-order valence-corrected chi connectivity index (χ1v) is 12.4. The predicted molar refractivity (Wildman–Crippen MR) is 130 cm³/mol. The van der Waals surface area contributed by atoms with E-state index in [2.05, 4.69) is 15.2 Å². The summed E-state index contributed by atoms with van der Waals surface area (Å²) in [6.07, 6.45) is 0.748. The summed E-state index contributed by atoms with van der Waals surface area (Å²) in [5.74, 6) is 0.802. The molecule has 4 heterocycles. The Morgan fingerprint density at radius 3 is 2.68 bits per heavy atom. The van der Waals surface area contributed by atoms with Crippen LogP contribution < -0.4 is 5.56 Å². The van der Waals surface area contributed by atoms with Crippen molar-refractivity contribution < 1.29 is 18.3 Å². The summed E-state index contributed by atoms with van der Waals surface area (Å²) in [7, 11) is 1.87. The van der Waals surface area contributed by atoms with Crippen LogP contribution in [0.3, 0.4) is 0 Å². The number of aliphatic hydroxyl groups is 1. The Kier molecular flexibility index (Phi) is 5.53. The van der Waals surface area contributed by atoms with E-state index in [0.717, 1.165) is 41.4 Å². The van der Waals surface area contributed by atoms with Gasteiger partial charge in [0.15, 0.2) is 0 Å². The van der Waals surface area contributed by atoms with Crippen molar-refractivity contribution in [2.75, 3.05) is 13.1 Å². The number of benzene rings is 1. The minimum Gasteiger partial charge on any atom is -0.392 e. The Bertz CT molecular complexity index is 1530. The summed E-state index contributed by atoms with van der Waals surface area (Å²) in [4.78, 5) is 18.4. The number of fused-ring (bicyclic) bond motifs is 1. The minimum absolute atomic E-state index is 0.0818. The molecule has 2 aliphatic rings. The van der Waals surface area contributed by atoms with Crippen molar-refractivity contribution in [2.45, 2.75) is 49.9 Å². The smallest absolute Gasteiger partial charge is 0.392 e. The van der Waals surface area contributed by atoms with E-state index >= 15 is 0 Å². The number of pyridine rings is 1. The molecule has 1 saturated carbocycles. The van der Waals surface area contributed by atoms with Crippen molar-refractivity contribution in [3.8, 4) is 5.69 Å². The van der Waals surface area contributed by atoms with Crippen LogP contribution >= 0.6 is 0 Å². The first kappa shape index (κ1) is 23.9. The van der Waals surface area contributed by atoms with E-state index < -0.39 is 23.4 Å². The molecule has 8 nitrogen and oxygen atoms in total. The van der Waals surface area contributed by atoms with Crippen LogP contribution in [-0.4, -0.2) is 53.5 Å². The number of hydrogen-bond donors (Lipinski definition) is 2. The third-order valence-corrected chi connectivity index (χ3v) is 7.82. The fourth-order valence-corrected chi connectivity index (χ4v) is 5.81. The van der Waals surface area contributed by atoms with Gasteiger partial charge in [0.1, 0.15) is 17.7 Å². The monoisotopic (exact) mass is 512 g/mol. The van der Waals surface area contributed by atoms with Crippen LogP contribution in [0, 0.1) is 0 Å². The van der Waals surface area contributed by atoms with Crippen molar-refractivity contribution in [1.82, 2.24) is 29.2 Å². The normalized spacial score (nSPS) is 20.0. The van der Waals surface area contributed by atoms with E-state index in [1.807, 2.05) is 22.6 Å². The molecule has 0 radical (unpaired) electrons. The average Bonchev–Trinajstić information content (AvgIpc) is 3.54. The Balaban J connectivity index is 1.46. The summed E-state index contributed by atoms with van der Waals surface area (Å²) in [5, 5.41) is 18.0. The molecule has 1 aromatic carbocycles. The van der Waals surface area contributed by atoms with Crippen LogP contribution in [0.1, 0.15) is 48.3 Å². The maximum atomic E-state index is 14.2. The van der Waals surface area contributed by atoms with Crippen LogP contribution in [-0.2, 0) is 25.2 Å². The second-order valence-electron chi connectivity index (χ2n) is 10.2. The van der Waals surface area contributed by atoms with E-state index in [4.69, 9.17) is 0 Å². The maximum absolute atomic E-state index is 14.2. The number of halogens is 3. The molecule has 37 heavy (non-hydrogen) atoms. The second kappa shape index (κ2) is 8.56. The molecule has 6 rings (SSSR count). The lowest BCUT2D eigenvalue weighted by atomic mass is 9.63. The highest BCUT2D eigenvalue weighted by Gasteiger charge is 2.44. The van der Waals surface area contributed by atoms with Gasteiger partial charge in [-0.3, -0.25) is 14.3 Å². The lowest BCUT2D eigenvalue weighted by molar-refractivity contribution is -0.136. The van der Waals surface area contributed by atoms with Gasteiger partial charge in [-0.15, -0.1) is 10.2 Å². The number of hydrogen-bond acceptors (Lipinski definition) is 5. The van der Waals surface area contributed by atoms with Gasteiger partial charge in [-0.05, 0) is 43.0 Å². The second-order valence-corrected chi connectivity index (χ2v) is 10.2. The molecule has 0 bridgehead atoms. The van der Waals surface area contributed by atoms with Crippen LogP contribution in [0.4, 0.5) is 13.2 Å². The van der Waals surface area contributed by atoms with Crippen LogP contribution in [0.15, 0.2) is 47.7 Å². The zero-order chi connectivity index (χ0) is 25.9. The molecule has 0 spiro atoms. The Labute approximate surface area is 210 Å². The molecule has 1 saturated heterocycles. The fourth-order valence-electron chi connectivity index (χ4n) is 5.81. The van der Waals surface area contributed by atoms with Crippen molar-refractivity contribution in [3.05, 3.63) is 75.9 Å². The number of aliphatic hydroxyl groups excluding tert-OH is 1. The molecule has 0 unspecified atom stereocenters. The van der Waals surface area contributed by atoms with Crippen molar-refractivity contribution in [1.29, 1.82) is 0 Å². The highest BCUT2D eigenvalue weighted by molar-refractivity contribution is 5.84. The van der Waals surface area contributed by atoms with Crippen LogP contribution in [0.25, 0.3) is 16.6 Å². The van der Waals surface area contributed by atoms with Crippen molar-refractivity contribution >= 4 is 10.9 Å². The number of aromatic amines is 1. The number of nitrogens with zero attached hydrogens (tertiary/aromatic N) is 5. The van der Waals surface area contributed by atoms with E-state index in [0.29, 0.717) is 37.4 Å². The number of likely N-dealkylation sites (tertiary alicyclic amines) is 1. The number of β-amino-alcohol motifs (C(OH)–C–C–N with tert-alkyl or cyclic N) is 1. The van der Waals surface area contributed by atoms with Gasteiger partial charge in [0, 0.05) is 49.6 Å². The molecule has 2 N–H and O–H groups in total. The number of alkyl halides is 3. The van der Waals surface area contributed by atoms with Gasteiger partial charge in [0.2, 0.25) is 0 Å². The first-order valence-electron chi connectivity index (χ1n) is 12.4. The topological polar surface area (TPSA) is 92.0 Å². The standard InChI is InChI=1S/C26H27F3N6O2/c1-33-15-30-32-24(33)25(7-3-8-25)16-4-2-5-18(10-16)35-14-21(26(27,28)29)20-11-17(31-22(20)23(35)37)12-34-9-6-19(36)13-34/h2,4-5,10-11,14-15,19,31,36H,3,6-9,12-13H2,1H3/t19-/m0/s1. The molecule has 4 aromatic rings. The molecule has 2 fully saturated rings. The first-order chi connectivity index (χ1) is 17.7. The Hall–Kier alpha value is -3.44. The zero-order valence-electron chi connectivity index (χ0n) is 20.3. The van der Waals surface area contributed by atoms with Gasteiger partial charge in [-0.2, -0.15) is 13.2 Å². The van der Waals surface area contributed by atoms with Gasteiger partial charge in [0.25, 0.3) is 5.56 Å². The van der Waals surface area contributed by atoms with E-state index in [1.165, 1.54) is 6.07 Å². The Morgan fingerprint density at radius 2 is 2.05 bits per heavy atom. The number of aryl methyl sites for hydroxylation is 1. The van der Waals surface area contributed by atoms with Crippen molar-refractivity contribution in [2.24, 2.45) is 7.05 Å². The number of nitrogens with one attached hydrogen (secondary N) is 1. The SMILES string of the molecule is Cn1cnnc1C1(c2cccc(-n3cc(C(F)(F)F)c4cc(CN5CC[C@H](O)C5)[nH]c4c3=O)c2)CCC1. The highest BCUT2D eigenvalue weighted by Crippen LogP contribution is 2.48. The van der Waals surface area contributed by atoms with E-state index in [1.54, 1.807) is 24.5 Å². The van der Waals surface area contributed by atoms with E-state index in [-0.39, 0.29) is 16.3 Å². The molecule has 1 aliphatic heterocycles. The predicted octanol–water partition coefficient (Wildman–Crippen LogP) is 3.50. The summed E-state index contributed by atoms with van der Waals surface area (Å²) < 4.78 is 45.5. The number of H-pyrrole nitrogens is 1. The number of aromatic nitrogens is 5. The summed E-state index contributed by atoms with van der Waals surface area (Å²) in [5.41, 5.74) is -0.121. The fraction of sp³-hybridized carbons (Fsp3) is 0.423. The third kappa shape index (κ3) is 3.97. The molecule has 1 atom stereocenters. The average molecular weight is 513 g/mol. The van der Waals surface area contributed by atoms with E-state index in [9.17, 15) is 23.1 Å². The van der Waals surface area contributed by atoms with Crippen molar-refractivity contribution in [3.63, 3.8) is 0 Å². The van der Waals surface area contributed by atoms with Crippen LogP contribution in [0.5, 0.6) is 0 Å². The van der Waals surface area contributed by atoms with Crippen LogP contribution in [0.2, 0.25) is 0 Å². The molecule has 11 heteroatoms. The molecule has 194 valence electrons.